The van der Waals surface area contributed by atoms with E-state index in [1.54, 1.807) is 7.11 Å². The lowest BCUT2D eigenvalue weighted by atomic mass is 9.78. The zero-order valence-electron chi connectivity index (χ0n) is 16.2. The average Bonchev–Trinajstić information content (AvgIpc) is 2.72. The molecule has 0 aromatic heterocycles. The Balaban J connectivity index is 1.70. The zero-order valence-corrected chi connectivity index (χ0v) is 16.2. The van der Waals surface area contributed by atoms with Crippen molar-refractivity contribution in [1.82, 2.24) is 0 Å². The maximum Gasteiger partial charge on any atom is 0.121 e. The molecule has 3 heteroatoms. The summed E-state index contributed by atoms with van der Waals surface area (Å²) >= 11 is 0. The van der Waals surface area contributed by atoms with E-state index in [9.17, 15) is 0 Å². The van der Waals surface area contributed by atoms with Gasteiger partial charge in [0.25, 0.3) is 0 Å². The minimum Gasteiger partial charge on any atom is -0.497 e. The highest BCUT2D eigenvalue weighted by molar-refractivity contribution is 5.73. The smallest absolute Gasteiger partial charge is 0.121 e. The lowest BCUT2D eigenvalue weighted by Crippen LogP contribution is -2.34. The summed E-state index contributed by atoms with van der Waals surface area (Å²) in [6.07, 6.45) is 4.87. The third kappa shape index (κ3) is 4.54. The molecule has 3 rings (SSSR count). The second kappa shape index (κ2) is 8.81. The van der Waals surface area contributed by atoms with Crippen molar-refractivity contribution >= 4 is 11.4 Å². The van der Waals surface area contributed by atoms with Crippen molar-refractivity contribution in [2.24, 2.45) is 11.7 Å². The van der Waals surface area contributed by atoms with Gasteiger partial charge in [-0.3, -0.25) is 0 Å². The lowest BCUT2D eigenvalue weighted by molar-refractivity contribution is 0.329. The van der Waals surface area contributed by atoms with E-state index in [0.29, 0.717) is 23.4 Å². The molecule has 1 saturated carbocycles. The first-order chi connectivity index (χ1) is 13.1. The fraction of sp³-hybridized carbons (Fsp3) is 0.333. The van der Waals surface area contributed by atoms with Crippen molar-refractivity contribution < 1.29 is 4.74 Å². The van der Waals surface area contributed by atoms with Crippen LogP contribution >= 0.6 is 0 Å². The molecule has 0 spiro atoms. The topological polar surface area (TPSA) is 38.5 Å². The molecule has 2 aromatic carbocycles. The highest BCUT2D eigenvalue weighted by atomic mass is 16.5. The fourth-order valence-electron chi connectivity index (χ4n) is 4.09. The van der Waals surface area contributed by atoms with Crippen LogP contribution in [0.25, 0.3) is 5.76 Å². The van der Waals surface area contributed by atoms with Crippen LogP contribution in [0.1, 0.15) is 42.7 Å². The maximum absolute atomic E-state index is 6.18. The number of benzene rings is 2. The molecule has 3 nitrogen and oxygen atoms in total. The van der Waals surface area contributed by atoms with Gasteiger partial charge in [0.15, 0.2) is 0 Å². The number of nitrogens with zero attached hydrogens (tertiary/aromatic N) is 1. The normalized spacial score (nSPS) is 19.3. The van der Waals surface area contributed by atoms with Gasteiger partial charge in [-0.05, 0) is 55.2 Å². The van der Waals surface area contributed by atoms with Gasteiger partial charge in [0.05, 0.1) is 18.6 Å². The monoisotopic (exact) mass is 362 g/mol. The molecule has 0 amide bonds. The number of nitrogens with two attached hydrogens (primary N) is 1. The molecule has 1 aliphatic rings. The Kier molecular flexibility index (Phi) is 6.23. The molecule has 0 bridgehead atoms. The Hall–Kier alpha value is -2.68. The van der Waals surface area contributed by atoms with Gasteiger partial charge in [-0.1, -0.05) is 55.6 Å². The number of methoxy groups -OCH3 is 1. The van der Waals surface area contributed by atoms with E-state index in [2.05, 4.69) is 54.5 Å². The van der Waals surface area contributed by atoms with Gasteiger partial charge < -0.3 is 15.4 Å². The molecule has 1 fully saturated rings. The third-order valence-corrected chi connectivity index (χ3v) is 5.65. The second-order valence-corrected chi connectivity index (χ2v) is 7.37. The van der Waals surface area contributed by atoms with Crippen molar-refractivity contribution in [2.75, 3.05) is 18.6 Å². The van der Waals surface area contributed by atoms with Crippen LogP contribution < -0.4 is 10.6 Å². The Morgan fingerprint density at radius 2 is 1.63 bits per heavy atom. The van der Waals surface area contributed by atoms with Gasteiger partial charge in [0, 0.05) is 12.1 Å². The minimum atomic E-state index is 0.566. The summed E-state index contributed by atoms with van der Waals surface area (Å²) in [6, 6.07) is 19.0. The van der Waals surface area contributed by atoms with E-state index in [1.807, 2.05) is 18.2 Å². The Morgan fingerprint density at radius 1 is 1.00 bits per heavy atom. The Bertz CT molecular complexity index is 776. The number of para-hydroxylation sites is 1. The van der Waals surface area contributed by atoms with E-state index >= 15 is 0 Å². The van der Waals surface area contributed by atoms with Crippen LogP contribution in [-0.2, 0) is 4.74 Å². The Morgan fingerprint density at radius 3 is 2.26 bits per heavy atom. The lowest BCUT2D eigenvalue weighted by Gasteiger charge is -2.34. The van der Waals surface area contributed by atoms with E-state index < -0.39 is 0 Å². The number of anilines is 1. The Labute approximate surface area is 163 Å². The van der Waals surface area contributed by atoms with Crippen LogP contribution in [0.2, 0.25) is 0 Å². The van der Waals surface area contributed by atoms with Crippen LogP contribution in [0, 0.1) is 5.92 Å². The number of rotatable bonds is 7. The van der Waals surface area contributed by atoms with Gasteiger partial charge in [0.2, 0.25) is 0 Å². The fourth-order valence-corrected chi connectivity index (χ4v) is 4.09. The first-order valence-electron chi connectivity index (χ1n) is 9.69. The van der Waals surface area contributed by atoms with Gasteiger partial charge in [-0.15, -0.1) is 0 Å². The number of ether oxygens (including phenoxy) is 1. The summed E-state index contributed by atoms with van der Waals surface area (Å²) in [6.45, 7) is 8.92. The van der Waals surface area contributed by atoms with Gasteiger partial charge in [0.1, 0.15) is 5.76 Å². The minimum absolute atomic E-state index is 0.566. The summed E-state index contributed by atoms with van der Waals surface area (Å²) < 4.78 is 5.37. The molecule has 0 saturated heterocycles. The molecule has 142 valence electrons. The summed E-state index contributed by atoms with van der Waals surface area (Å²) in [5.41, 5.74) is 9.62. The third-order valence-electron chi connectivity index (χ3n) is 5.65. The highest BCUT2D eigenvalue weighted by Gasteiger charge is 2.25. The average molecular weight is 363 g/mol. The summed E-state index contributed by atoms with van der Waals surface area (Å²) in [5, 5.41) is 0. The van der Waals surface area contributed by atoms with Crippen molar-refractivity contribution in [3.8, 4) is 0 Å². The molecule has 0 radical (unpaired) electrons. The van der Waals surface area contributed by atoms with Crippen LogP contribution in [0.15, 0.2) is 73.6 Å². The van der Waals surface area contributed by atoms with Crippen molar-refractivity contribution in [1.29, 1.82) is 0 Å². The zero-order chi connectivity index (χ0) is 19.2. The number of hydrogen-bond donors (Lipinski definition) is 1. The molecule has 2 aromatic rings. The molecule has 2 N–H and O–H groups in total. The summed E-state index contributed by atoms with van der Waals surface area (Å²) in [4.78, 5) is 2.12. The summed E-state index contributed by atoms with van der Waals surface area (Å²) in [7, 11) is 1.64. The molecule has 0 unspecified atom stereocenters. The first kappa shape index (κ1) is 19.1. The quantitative estimate of drug-likeness (QED) is 0.660. The van der Waals surface area contributed by atoms with Crippen molar-refractivity contribution in [3.63, 3.8) is 0 Å². The number of hydrogen-bond acceptors (Lipinski definition) is 3. The van der Waals surface area contributed by atoms with Gasteiger partial charge >= 0.3 is 0 Å². The molecule has 0 aliphatic heterocycles. The van der Waals surface area contributed by atoms with Gasteiger partial charge in [-0.2, -0.15) is 0 Å². The SMILES string of the molecule is C=C(OC)c1ccccc1N(CC1CCC(c2ccccc2)CC1)C(=C)N. The standard InChI is InChI=1S/C24H30N2O/c1-18(27-3)23-11-7-8-12-24(23)26(19(2)25)17-20-13-15-22(16-14-20)21-9-5-4-6-10-21/h4-12,20,22H,1-2,13-17,25H2,3H3. The molecule has 0 atom stereocenters. The summed E-state index contributed by atoms with van der Waals surface area (Å²) in [5.74, 6) is 2.49. The molecule has 1 aliphatic carbocycles. The van der Waals surface area contributed by atoms with E-state index in [-0.39, 0.29) is 0 Å². The highest BCUT2D eigenvalue weighted by Crippen LogP contribution is 2.37. The maximum atomic E-state index is 6.18. The van der Waals surface area contributed by atoms with Crippen LogP contribution in [0.5, 0.6) is 0 Å². The predicted octanol–water partition coefficient (Wildman–Crippen LogP) is 5.51. The second-order valence-electron chi connectivity index (χ2n) is 7.37. The van der Waals surface area contributed by atoms with E-state index in [1.165, 1.54) is 31.2 Å². The largest absolute Gasteiger partial charge is 0.497 e. The van der Waals surface area contributed by atoms with Crippen LogP contribution in [0.4, 0.5) is 5.69 Å². The first-order valence-corrected chi connectivity index (χ1v) is 9.69. The van der Waals surface area contributed by atoms with Gasteiger partial charge in [-0.25, -0.2) is 0 Å². The van der Waals surface area contributed by atoms with Crippen molar-refractivity contribution in [3.05, 3.63) is 84.7 Å². The van der Waals surface area contributed by atoms with Crippen LogP contribution in [0.3, 0.4) is 0 Å². The molecular formula is C24H30N2O. The van der Waals surface area contributed by atoms with Crippen molar-refractivity contribution in [2.45, 2.75) is 31.6 Å². The van der Waals surface area contributed by atoms with E-state index in [4.69, 9.17) is 10.5 Å². The predicted molar refractivity (Wildman–Crippen MR) is 114 cm³/mol. The molecule has 0 heterocycles. The molecular weight excluding hydrogens is 332 g/mol. The molecule has 27 heavy (non-hydrogen) atoms. The van der Waals surface area contributed by atoms with Crippen LogP contribution in [-0.4, -0.2) is 13.7 Å². The van der Waals surface area contributed by atoms with E-state index in [0.717, 1.165) is 17.8 Å².